The summed E-state index contributed by atoms with van der Waals surface area (Å²) in [6.07, 6.45) is 7.20. The number of hydrogen-bond acceptors (Lipinski definition) is 2. The Hall–Kier alpha value is -1.32. The summed E-state index contributed by atoms with van der Waals surface area (Å²) in [5.41, 5.74) is 1.75. The predicted molar refractivity (Wildman–Crippen MR) is 97.2 cm³/mol. The Morgan fingerprint density at radius 3 is 2.58 bits per heavy atom. The minimum Gasteiger partial charge on any atom is -0.348 e. The standard InChI is InChI=1S/C20H33N3O/c1-13(2)10-14-6-9-16(11-14)21-19(24)17-12-18(15-7-8-15)23(22-17)20(3,4)5/h12-16H,6-11H2,1-5H3,(H,21,24). The molecule has 1 aromatic rings. The van der Waals surface area contributed by atoms with Gasteiger partial charge in [0.1, 0.15) is 5.69 Å². The second kappa shape index (κ2) is 6.53. The Morgan fingerprint density at radius 2 is 2.00 bits per heavy atom. The Balaban J connectivity index is 1.65. The van der Waals surface area contributed by atoms with Gasteiger partial charge in [-0.1, -0.05) is 13.8 Å². The molecule has 1 N–H and O–H groups in total. The van der Waals surface area contributed by atoms with Crippen molar-refractivity contribution in [2.75, 3.05) is 0 Å². The highest BCUT2D eigenvalue weighted by Gasteiger charge is 2.33. The predicted octanol–water partition coefficient (Wildman–Crippen LogP) is 4.46. The monoisotopic (exact) mass is 331 g/mol. The fraction of sp³-hybridized carbons (Fsp3) is 0.800. The van der Waals surface area contributed by atoms with E-state index in [-0.39, 0.29) is 11.4 Å². The van der Waals surface area contributed by atoms with E-state index >= 15 is 0 Å². The SMILES string of the molecule is CC(C)CC1CCC(NC(=O)c2cc(C3CC3)n(C(C)(C)C)n2)C1. The molecule has 2 fully saturated rings. The van der Waals surface area contributed by atoms with Crippen LogP contribution in [0.3, 0.4) is 0 Å². The molecule has 1 aromatic heterocycles. The van der Waals surface area contributed by atoms with Gasteiger partial charge in [0, 0.05) is 17.7 Å². The molecule has 0 aliphatic heterocycles. The van der Waals surface area contributed by atoms with Crippen LogP contribution in [0.5, 0.6) is 0 Å². The van der Waals surface area contributed by atoms with Crippen LogP contribution in [0.25, 0.3) is 0 Å². The molecule has 0 spiro atoms. The normalized spacial score (nSPS) is 24.6. The third-order valence-electron chi connectivity index (χ3n) is 5.28. The average molecular weight is 332 g/mol. The zero-order valence-corrected chi connectivity index (χ0v) is 15.9. The zero-order valence-electron chi connectivity index (χ0n) is 15.9. The van der Waals surface area contributed by atoms with Crippen molar-refractivity contribution in [3.63, 3.8) is 0 Å². The first-order chi connectivity index (χ1) is 11.2. The van der Waals surface area contributed by atoms with Crippen LogP contribution < -0.4 is 5.32 Å². The number of carbonyl (C=O) groups excluding carboxylic acids is 1. The van der Waals surface area contributed by atoms with Gasteiger partial charge >= 0.3 is 0 Å². The molecule has 0 radical (unpaired) electrons. The highest BCUT2D eigenvalue weighted by Crippen LogP contribution is 2.41. The van der Waals surface area contributed by atoms with E-state index in [1.54, 1.807) is 0 Å². The van der Waals surface area contributed by atoms with Crippen molar-refractivity contribution < 1.29 is 4.79 Å². The lowest BCUT2D eigenvalue weighted by Crippen LogP contribution is -2.33. The van der Waals surface area contributed by atoms with Gasteiger partial charge in [-0.25, -0.2) is 0 Å². The van der Waals surface area contributed by atoms with E-state index in [1.165, 1.54) is 31.4 Å². The number of rotatable bonds is 5. The van der Waals surface area contributed by atoms with Crippen molar-refractivity contribution in [3.8, 4) is 0 Å². The van der Waals surface area contributed by atoms with Gasteiger partial charge < -0.3 is 5.32 Å². The topological polar surface area (TPSA) is 46.9 Å². The summed E-state index contributed by atoms with van der Waals surface area (Å²) < 4.78 is 2.07. The summed E-state index contributed by atoms with van der Waals surface area (Å²) in [4.78, 5) is 12.7. The third kappa shape index (κ3) is 4.01. The van der Waals surface area contributed by atoms with Gasteiger partial charge in [0.2, 0.25) is 0 Å². The molecular formula is C20H33N3O. The molecule has 2 unspecified atom stereocenters. The average Bonchev–Trinajstić information content (AvgIpc) is 3.04. The molecule has 0 bridgehead atoms. The van der Waals surface area contributed by atoms with Crippen LogP contribution in [0.2, 0.25) is 0 Å². The van der Waals surface area contributed by atoms with Crippen LogP contribution in [0.15, 0.2) is 6.07 Å². The lowest BCUT2D eigenvalue weighted by Gasteiger charge is -2.22. The van der Waals surface area contributed by atoms with E-state index in [2.05, 4.69) is 49.7 Å². The van der Waals surface area contributed by atoms with Crippen LogP contribution in [0.1, 0.15) is 95.2 Å². The van der Waals surface area contributed by atoms with E-state index in [0.29, 0.717) is 17.7 Å². The number of nitrogens with one attached hydrogen (secondary N) is 1. The maximum Gasteiger partial charge on any atom is 0.272 e. The van der Waals surface area contributed by atoms with Crippen molar-refractivity contribution in [2.24, 2.45) is 11.8 Å². The summed E-state index contributed by atoms with van der Waals surface area (Å²) in [5, 5.41) is 7.89. The first kappa shape index (κ1) is 17.5. The van der Waals surface area contributed by atoms with Gasteiger partial charge in [0.15, 0.2) is 0 Å². The van der Waals surface area contributed by atoms with Gasteiger partial charge in [-0.2, -0.15) is 5.10 Å². The van der Waals surface area contributed by atoms with Crippen LogP contribution in [-0.2, 0) is 5.54 Å². The van der Waals surface area contributed by atoms with E-state index in [0.717, 1.165) is 24.7 Å². The quantitative estimate of drug-likeness (QED) is 0.866. The molecule has 2 atom stereocenters. The van der Waals surface area contributed by atoms with Crippen LogP contribution in [-0.4, -0.2) is 21.7 Å². The van der Waals surface area contributed by atoms with Crippen LogP contribution in [0.4, 0.5) is 0 Å². The number of nitrogens with zero attached hydrogens (tertiary/aromatic N) is 2. The van der Waals surface area contributed by atoms with Crippen molar-refractivity contribution in [1.29, 1.82) is 0 Å². The maximum atomic E-state index is 12.7. The van der Waals surface area contributed by atoms with E-state index in [1.807, 2.05) is 6.07 Å². The van der Waals surface area contributed by atoms with Crippen LogP contribution >= 0.6 is 0 Å². The summed E-state index contributed by atoms with van der Waals surface area (Å²) >= 11 is 0. The molecule has 2 aliphatic carbocycles. The number of hydrogen-bond donors (Lipinski definition) is 1. The van der Waals surface area contributed by atoms with E-state index in [9.17, 15) is 4.79 Å². The van der Waals surface area contributed by atoms with Crippen LogP contribution in [0, 0.1) is 11.8 Å². The first-order valence-corrected chi connectivity index (χ1v) is 9.65. The molecule has 1 heterocycles. The van der Waals surface area contributed by atoms with Gasteiger partial charge in [-0.15, -0.1) is 0 Å². The maximum absolute atomic E-state index is 12.7. The summed E-state index contributed by atoms with van der Waals surface area (Å²) in [7, 11) is 0. The molecule has 134 valence electrons. The zero-order chi connectivity index (χ0) is 17.5. The minimum atomic E-state index is -0.0772. The highest BCUT2D eigenvalue weighted by molar-refractivity contribution is 5.92. The smallest absolute Gasteiger partial charge is 0.272 e. The Morgan fingerprint density at radius 1 is 1.29 bits per heavy atom. The Kier molecular flexibility index (Phi) is 4.76. The lowest BCUT2D eigenvalue weighted by molar-refractivity contribution is 0.0930. The number of aromatic nitrogens is 2. The van der Waals surface area contributed by atoms with Gasteiger partial charge in [-0.05, 0) is 77.2 Å². The molecule has 24 heavy (non-hydrogen) atoms. The third-order valence-corrected chi connectivity index (χ3v) is 5.28. The molecule has 4 heteroatoms. The second-order valence-electron chi connectivity index (χ2n) is 9.29. The number of amides is 1. The fourth-order valence-electron chi connectivity index (χ4n) is 4.06. The molecular weight excluding hydrogens is 298 g/mol. The largest absolute Gasteiger partial charge is 0.348 e. The van der Waals surface area contributed by atoms with E-state index in [4.69, 9.17) is 0 Å². The summed E-state index contributed by atoms with van der Waals surface area (Å²) in [5.74, 6) is 2.12. The summed E-state index contributed by atoms with van der Waals surface area (Å²) in [6, 6.07) is 2.35. The molecule has 3 rings (SSSR count). The van der Waals surface area contributed by atoms with Gasteiger partial charge in [0.25, 0.3) is 5.91 Å². The second-order valence-corrected chi connectivity index (χ2v) is 9.29. The Bertz CT molecular complexity index is 593. The molecule has 2 aliphatic rings. The van der Waals surface area contributed by atoms with Crippen molar-refractivity contribution in [1.82, 2.24) is 15.1 Å². The molecule has 1 amide bonds. The first-order valence-electron chi connectivity index (χ1n) is 9.65. The van der Waals surface area contributed by atoms with Crippen molar-refractivity contribution in [2.45, 2.75) is 90.6 Å². The van der Waals surface area contributed by atoms with Gasteiger partial charge in [-0.3, -0.25) is 9.48 Å². The van der Waals surface area contributed by atoms with E-state index < -0.39 is 0 Å². The van der Waals surface area contributed by atoms with Crippen molar-refractivity contribution in [3.05, 3.63) is 17.5 Å². The van der Waals surface area contributed by atoms with Gasteiger partial charge in [0.05, 0.1) is 5.54 Å². The molecule has 0 aromatic carbocycles. The molecule has 4 nitrogen and oxygen atoms in total. The Labute approximate surface area is 146 Å². The van der Waals surface area contributed by atoms with Crippen molar-refractivity contribution >= 4 is 5.91 Å². The lowest BCUT2D eigenvalue weighted by atomic mass is 9.96. The minimum absolute atomic E-state index is 0.00935. The number of carbonyl (C=O) groups is 1. The molecule has 0 saturated heterocycles. The fourth-order valence-corrected chi connectivity index (χ4v) is 4.06. The summed E-state index contributed by atoms with van der Waals surface area (Å²) in [6.45, 7) is 11.0. The molecule has 2 saturated carbocycles. The highest BCUT2D eigenvalue weighted by atomic mass is 16.2.